The van der Waals surface area contributed by atoms with Gasteiger partial charge in [0.05, 0.1) is 6.61 Å². The highest BCUT2D eigenvalue weighted by molar-refractivity contribution is 7.11. The van der Waals surface area contributed by atoms with Crippen LogP contribution in [-0.4, -0.2) is 56.7 Å². The summed E-state index contributed by atoms with van der Waals surface area (Å²) >= 11 is 1.94. The second-order valence-electron chi connectivity index (χ2n) is 7.00. The third-order valence-electron chi connectivity index (χ3n) is 5.38. The molecule has 1 atom stereocenters. The number of hydrogen-bond donors (Lipinski definition) is 0. The van der Waals surface area contributed by atoms with Gasteiger partial charge in [-0.2, -0.15) is 0 Å². The van der Waals surface area contributed by atoms with Crippen molar-refractivity contribution in [2.24, 2.45) is 11.3 Å². The normalized spacial score (nSPS) is 26.7. The fraction of sp³-hybridized carbons (Fsp3) is 0.765. The maximum atomic E-state index is 5.49. The lowest BCUT2D eigenvalue weighted by atomic mass is 9.71. The van der Waals surface area contributed by atoms with Crippen LogP contribution in [0.3, 0.4) is 0 Å². The quantitative estimate of drug-likeness (QED) is 0.851. The monoisotopic (exact) mass is 308 g/mol. The van der Waals surface area contributed by atoms with E-state index in [4.69, 9.17) is 4.74 Å². The van der Waals surface area contributed by atoms with E-state index in [1.807, 2.05) is 18.4 Å². The Kier molecular flexibility index (Phi) is 4.69. The Bertz CT molecular complexity index is 465. The number of aryl methyl sites for hydroxylation is 1. The van der Waals surface area contributed by atoms with Crippen molar-refractivity contribution in [1.82, 2.24) is 9.80 Å². The Morgan fingerprint density at radius 2 is 2.10 bits per heavy atom. The highest BCUT2D eigenvalue weighted by atomic mass is 32.1. The van der Waals surface area contributed by atoms with E-state index in [1.54, 1.807) is 0 Å². The zero-order valence-corrected chi connectivity index (χ0v) is 14.4. The topological polar surface area (TPSA) is 15.7 Å². The zero-order valence-electron chi connectivity index (χ0n) is 13.6. The SMILES string of the molecule is COC[C@@H]1CN(C)CC12CCN(Cc1ccc(C)s1)CC2. The van der Waals surface area contributed by atoms with Crippen molar-refractivity contribution in [2.45, 2.75) is 26.3 Å². The van der Waals surface area contributed by atoms with Gasteiger partial charge in [0.15, 0.2) is 0 Å². The van der Waals surface area contributed by atoms with Crippen LogP contribution in [-0.2, 0) is 11.3 Å². The highest BCUT2D eigenvalue weighted by Crippen LogP contribution is 2.44. The van der Waals surface area contributed by atoms with Crippen molar-refractivity contribution in [2.75, 3.05) is 46.9 Å². The van der Waals surface area contributed by atoms with Crippen LogP contribution in [0.2, 0.25) is 0 Å². The number of methoxy groups -OCH3 is 1. The van der Waals surface area contributed by atoms with Crippen LogP contribution in [0.15, 0.2) is 12.1 Å². The number of likely N-dealkylation sites (tertiary alicyclic amines) is 2. The molecule has 1 aromatic rings. The van der Waals surface area contributed by atoms with Gasteiger partial charge in [-0.1, -0.05) is 0 Å². The average molecular weight is 308 g/mol. The van der Waals surface area contributed by atoms with Crippen molar-refractivity contribution in [1.29, 1.82) is 0 Å². The third-order valence-corrected chi connectivity index (χ3v) is 6.36. The maximum Gasteiger partial charge on any atom is 0.0508 e. The van der Waals surface area contributed by atoms with E-state index in [-0.39, 0.29) is 0 Å². The van der Waals surface area contributed by atoms with Crippen LogP contribution in [0.1, 0.15) is 22.6 Å². The Morgan fingerprint density at radius 1 is 1.33 bits per heavy atom. The van der Waals surface area contributed by atoms with E-state index in [1.165, 1.54) is 48.8 Å². The summed E-state index contributed by atoms with van der Waals surface area (Å²) in [5, 5.41) is 0. The van der Waals surface area contributed by atoms with Gasteiger partial charge in [-0.3, -0.25) is 4.90 Å². The zero-order chi connectivity index (χ0) is 14.9. The van der Waals surface area contributed by atoms with Crippen LogP contribution in [0.4, 0.5) is 0 Å². The molecule has 1 spiro atoms. The van der Waals surface area contributed by atoms with Crippen LogP contribution in [0.5, 0.6) is 0 Å². The third kappa shape index (κ3) is 3.34. The minimum atomic E-state index is 0.507. The van der Waals surface area contributed by atoms with Crippen LogP contribution in [0.25, 0.3) is 0 Å². The first kappa shape index (κ1) is 15.5. The molecule has 0 radical (unpaired) electrons. The largest absolute Gasteiger partial charge is 0.384 e. The standard InChI is InChI=1S/C17H28N2OS/c1-14-4-5-16(21-14)11-19-8-6-17(7-9-19)13-18(2)10-15(17)12-20-3/h4-5,15H,6-13H2,1-3H3/t15-/m0/s1. The van der Waals surface area contributed by atoms with E-state index < -0.39 is 0 Å². The van der Waals surface area contributed by atoms with Crippen molar-refractivity contribution >= 4 is 11.3 Å². The van der Waals surface area contributed by atoms with Crippen molar-refractivity contribution in [3.05, 3.63) is 21.9 Å². The molecule has 0 N–H and O–H groups in total. The van der Waals surface area contributed by atoms with Crippen molar-refractivity contribution in [3.8, 4) is 0 Å². The van der Waals surface area contributed by atoms with Gasteiger partial charge in [0.25, 0.3) is 0 Å². The van der Waals surface area contributed by atoms with Gasteiger partial charge >= 0.3 is 0 Å². The number of rotatable bonds is 4. The fourth-order valence-electron chi connectivity index (χ4n) is 4.25. The number of piperidine rings is 1. The van der Waals surface area contributed by atoms with Crippen molar-refractivity contribution < 1.29 is 4.74 Å². The van der Waals surface area contributed by atoms with Gasteiger partial charge in [-0.05, 0) is 57.5 Å². The Balaban J connectivity index is 1.58. The average Bonchev–Trinajstić information content (AvgIpc) is 2.98. The molecule has 3 rings (SSSR count). The summed E-state index contributed by atoms with van der Waals surface area (Å²) < 4.78 is 5.49. The summed E-state index contributed by atoms with van der Waals surface area (Å²) in [6.45, 7) is 9.21. The molecule has 2 saturated heterocycles. The molecule has 0 aromatic carbocycles. The molecule has 1 aromatic heterocycles. The molecule has 2 aliphatic heterocycles. The molecule has 4 heteroatoms. The summed E-state index contributed by atoms with van der Waals surface area (Å²) in [6.07, 6.45) is 2.66. The predicted molar refractivity (Wildman–Crippen MR) is 88.9 cm³/mol. The molecule has 0 aliphatic carbocycles. The number of hydrogen-bond acceptors (Lipinski definition) is 4. The minimum Gasteiger partial charge on any atom is -0.384 e. The first-order chi connectivity index (χ1) is 10.1. The lowest BCUT2D eigenvalue weighted by molar-refractivity contribution is 0.0357. The van der Waals surface area contributed by atoms with E-state index in [9.17, 15) is 0 Å². The molecule has 3 nitrogen and oxygen atoms in total. The number of thiophene rings is 1. The maximum absolute atomic E-state index is 5.49. The molecular weight excluding hydrogens is 280 g/mol. The van der Waals surface area contributed by atoms with Gasteiger partial charge < -0.3 is 9.64 Å². The van der Waals surface area contributed by atoms with Crippen LogP contribution < -0.4 is 0 Å². The van der Waals surface area contributed by atoms with Gasteiger partial charge in [-0.15, -0.1) is 11.3 Å². The molecule has 0 saturated carbocycles. The second kappa shape index (κ2) is 6.37. The molecule has 118 valence electrons. The molecule has 0 bridgehead atoms. The Morgan fingerprint density at radius 3 is 2.71 bits per heavy atom. The summed E-state index contributed by atoms with van der Waals surface area (Å²) in [6, 6.07) is 4.54. The summed E-state index contributed by atoms with van der Waals surface area (Å²) in [5.41, 5.74) is 0.507. The van der Waals surface area contributed by atoms with Gasteiger partial charge in [0.2, 0.25) is 0 Å². The molecule has 2 fully saturated rings. The second-order valence-corrected chi connectivity index (χ2v) is 8.37. The predicted octanol–water partition coefficient (Wildman–Crippen LogP) is 2.85. The smallest absolute Gasteiger partial charge is 0.0508 e. The van der Waals surface area contributed by atoms with E-state index in [0.717, 1.165) is 19.1 Å². The van der Waals surface area contributed by atoms with E-state index in [2.05, 4.69) is 35.9 Å². The highest BCUT2D eigenvalue weighted by Gasteiger charge is 2.46. The van der Waals surface area contributed by atoms with Crippen LogP contribution >= 0.6 is 11.3 Å². The molecule has 0 amide bonds. The summed E-state index contributed by atoms with van der Waals surface area (Å²) in [7, 11) is 4.11. The lowest BCUT2D eigenvalue weighted by Crippen LogP contribution is -2.44. The van der Waals surface area contributed by atoms with Gasteiger partial charge in [0, 0.05) is 42.4 Å². The molecule has 2 aliphatic rings. The van der Waals surface area contributed by atoms with Gasteiger partial charge in [-0.25, -0.2) is 0 Å². The van der Waals surface area contributed by atoms with E-state index in [0.29, 0.717) is 5.41 Å². The molecule has 21 heavy (non-hydrogen) atoms. The first-order valence-electron chi connectivity index (χ1n) is 8.06. The fourth-order valence-corrected chi connectivity index (χ4v) is 5.18. The summed E-state index contributed by atoms with van der Waals surface area (Å²) in [4.78, 5) is 8.08. The summed E-state index contributed by atoms with van der Waals surface area (Å²) in [5.74, 6) is 0.721. The molecule has 0 unspecified atom stereocenters. The van der Waals surface area contributed by atoms with Crippen LogP contribution in [0, 0.1) is 18.3 Å². The lowest BCUT2D eigenvalue weighted by Gasteiger charge is -2.42. The minimum absolute atomic E-state index is 0.507. The molecule has 3 heterocycles. The Hall–Kier alpha value is -0.420. The van der Waals surface area contributed by atoms with Crippen molar-refractivity contribution in [3.63, 3.8) is 0 Å². The number of ether oxygens (including phenoxy) is 1. The van der Waals surface area contributed by atoms with E-state index >= 15 is 0 Å². The Labute approximate surface area is 132 Å². The van der Waals surface area contributed by atoms with Gasteiger partial charge in [0.1, 0.15) is 0 Å². The number of nitrogens with zero attached hydrogens (tertiary/aromatic N) is 2. The molecular formula is C17H28N2OS. The first-order valence-corrected chi connectivity index (χ1v) is 8.88.